The third-order valence-electron chi connectivity index (χ3n) is 18.2. The third kappa shape index (κ3) is 19.3. The number of unbranched alkanes of at least 4 members (excludes halogenated alkanes) is 6. The number of nitrogens with two attached hydrogens (primary N) is 1. The number of hydrogen-bond acceptors (Lipinski definition) is 18. The average Bonchev–Trinajstić information content (AvgIpc) is 1.75. The number of esters is 1. The van der Waals surface area contributed by atoms with Crippen LogP contribution >= 0.6 is 0 Å². The number of aromatic nitrogens is 6. The maximum absolute atomic E-state index is 14.3. The molecule has 0 radical (unpaired) electrons. The molecule has 2 aliphatic heterocycles. The first-order valence-corrected chi connectivity index (χ1v) is 37.6. The van der Waals surface area contributed by atoms with Gasteiger partial charge in [0, 0.05) is 45.6 Å². The first kappa shape index (κ1) is 76.5. The van der Waals surface area contributed by atoms with Crippen molar-refractivity contribution < 1.29 is 64.7 Å². The standard InChI is InChI=1S/C41H55N5O8S.C34H43N5O6S/c1-9-52-38(47)24-33(31-22-34-39(36(23-31)51-8)45(7)44-43-34)30-17-15-27(2)32(21-30)26-46-25-28(3)53-35-20-29(16-18-37(35)55(46,49)50)14-12-10-11-13-19-42-40(48)54-41(4,5)6;1-22-10-12-25(28(19-33(40)41)26-17-29-34(31(18-26)44-4)38(3)37-36-29)16-27(22)21-39-20-23(2)45-30-15-24(9-7-5-6-8-14-35)11-13-32(30)46(39,42)43/h15-18,20-23,28,33H,9-14,19,24-26H2,1-8H3,(H,42,48);10-13,15-18,23,28H,5-9,14,19-21,35H2,1-4H3,(H,40,41)/t28-,33?;23-,28?/m11/s1. The van der Waals surface area contributed by atoms with Crippen LogP contribution in [0.4, 0.5) is 4.79 Å². The number of rotatable bonds is 28. The molecule has 101 heavy (non-hydrogen) atoms. The summed E-state index contributed by atoms with van der Waals surface area (Å²) in [4.78, 5) is 37.2. The quantitative estimate of drug-likeness (QED) is 0.0303. The topological polar surface area (TPSA) is 301 Å². The molecule has 544 valence electrons. The number of alkyl carbamates (subject to hydrolysis) is 1. The minimum atomic E-state index is -3.93. The van der Waals surface area contributed by atoms with Crippen LogP contribution < -0.4 is 30.0 Å². The zero-order chi connectivity index (χ0) is 72.9. The zero-order valence-electron chi connectivity index (χ0n) is 60.2. The Labute approximate surface area is 593 Å². The van der Waals surface area contributed by atoms with Crippen molar-refractivity contribution in [1.29, 1.82) is 0 Å². The van der Waals surface area contributed by atoms with Crippen molar-refractivity contribution in [3.8, 4) is 23.0 Å². The Balaban J connectivity index is 0.000000239. The molecule has 0 fully saturated rings. The van der Waals surface area contributed by atoms with Crippen LogP contribution in [0, 0.1) is 13.8 Å². The first-order valence-electron chi connectivity index (χ1n) is 34.7. The number of carboxylic acids is 1. The normalized spacial score (nSPS) is 16.4. The van der Waals surface area contributed by atoms with Gasteiger partial charge in [-0.05, 0) is 205 Å². The van der Waals surface area contributed by atoms with Crippen LogP contribution in [0.3, 0.4) is 0 Å². The van der Waals surface area contributed by atoms with E-state index < -0.39 is 55.6 Å². The molecule has 0 saturated carbocycles. The SMILES string of the molecule is CCOC(=O)CC(c1ccc(C)c(CN2C[C@@H](C)Oc3cc(CCCCCCNC(=O)OC(C)(C)C)ccc3S2(=O)=O)c1)c1cc(OC)c2c(c1)nnn2C.COc1cc(C(CC(=O)O)c2ccc(C)c(CN3C[C@@H](C)Oc4cc(CCCCCCN)ccc4S3(=O)=O)c2)cc2nnn(C)c12. The molecule has 0 aliphatic carbocycles. The maximum Gasteiger partial charge on any atom is 0.407 e. The number of ether oxygens (including phenoxy) is 6. The molecule has 1 amide bonds. The van der Waals surface area contributed by atoms with Crippen LogP contribution in [-0.4, -0.2) is 143 Å². The molecule has 4 N–H and O–H groups in total. The van der Waals surface area contributed by atoms with Crippen molar-refractivity contribution in [3.05, 3.63) is 153 Å². The van der Waals surface area contributed by atoms with Crippen molar-refractivity contribution in [2.45, 2.75) is 185 Å². The van der Waals surface area contributed by atoms with Crippen LogP contribution in [0.1, 0.15) is 173 Å². The van der Waals surface area contributed by atoms with E-state index in [4.69, 9.17) is 34.2 Å². The number of hydrogen-bond donors (Lipinski definition) is 3. The van der Waals surface area contributed by atoms with E-state index >= 15 is 0 Å². The lowest BCUT2D eigenvalue weighted by Crippen LogP contribution is -2.35. The van der Waals surface area contributed by atoms with Crippen molar-refractivity contribution in [2.75, 3.05) is 47.0 Å². The summed E-state index contributed by atoms with van der Waals surface area (Å²) in [6.07, 6.45) is 8.22. The second kappa shape index (κ2) is 33.9. The summed E-state index contributed by atoms with van der Waals surface area (Å²) in [5.41, 5.74) is 16.3. The van der Waals surface area contributed by atoms with Crippen LogP contribution in [0.25, 0.3) is 22.1 Å². The molecule has 24 nitrogen and oxygen atoms in total. The fraction of sp³-hybridized carbons (Fsp3) is 0.480. The summed E-state index contributed by atoms with van der Waals surface area (Å²) in [7, 11) is -1.11. The van der Waals surface area contributed by atoms with Crippen LogP contribution in [0.15, 0.2) is 107 Å². The Morgan fingerprint density at radius 3 is 1.51 bits per heavy atom. The molecule has 2 aliphatic rings. The van der Waals surface area contributed by atoms with E-state index in [1.54, 1.807) is 56.7 Å². The number of nitrogens with zero attached hydrogens (tertiary/aromatic N) is 8. The highest BCUT2D eigenvalue weighted by atomic mass is 32.2. The Hall–Kier alpha value is -8.69. The Bertz CT molecular complexity index is 4470. The molecule has 4 atom stereocenters. The number of carbonyl (C=O) groups excluding carboxylic acids is 2. The van der Waals surface area contributed by atoms with E-state index in [9.17, 15) is 36.3 Å². The summed E-state index contributed by atoms with van der Waals surface area (Å²) >= 11 is 0. The summed E-state index contributed by atoms with van der Waals surface area (Å²) < 4.78 is 97.2. The second-order valence-corrected chi connectivity index (χ2v) is 31.1. The lowest BCUT2D eigenvalue weighted by atomic mass is 9.86. The van der Waals surface area contributed by atoms with E-state index in [2.05, 4.69) is 25.9 Å². The molecule has 0 spiro atoms. The average molecular weight is 1430 g/mol. The first-order chi connectivity index (χ1) is 48.1. The van der Waals surface area contributed by atoms with Gasteiger partial charge >= 0.3 is 18.0 Å². The zero-order valence-corrected chi connectivity index (χ0v) is 61.8. The third-order valence-corrected chi connectivity index (χ3v) is 21.9. The number of carboxylic acid groups (broad SMARTS) is 1. The van der Waals surface area contributed by atoms with Gasteiger partial charge in [0.2, 0.25) is 20.0 Å². The van der Waals surface area contributed by atoms with Crippen LogP contribution in [0.2, 0.25) is 0 Å². The summed E-state index contributed by atoms with van der Waals surface area (Å²) in [5, 5.41) is 29.5. The fourth-order valence-corrected chi connectivity index (χ4v) is 16.2. The minimum Gasteiger partial charge on any atom is -0.494 e. The monoisotopic (exact) mass is 1430 g/mol. The number of benzene rings is 6. The molecule has 8 aromatic rings. The van der Waals surface area contributed by atoms with Gasteiger partial charge in [-0.15, -0.1) is 10.2 Å². The molecule has 2 aromatic heterocycles. The summed E-state index contributed by atoms with van der Waals surface area (Å²) in [6, 6.07) is 29.9. The van der Waals surface area contributed by atoms with E-state index in [0.717, 1.165) is 125 Å². The highest BCUT2D eigenvalue weighted by Gasteiger charge is 2.37. The van der Waals surface area contributed by atoms with E-state index in [0.29, 0.717) is 52.6 Å². The maximum atomic E-state index is 14.3. The number of fused-ring (bicyclic) bond motifs is 4. The van der Waals surface area contributed by atoms with Gasteiger partial charge in [0.15, 0.2) is 0 Å². The van der Waals surface area contributed by atoms with Gasteiger partial charge in [-0.2, -0.15) is 8.61 Å². The molecular weight excluding hydrogens is 1330 g/mol. The number of sulfonamides is 2. The van der Waals surface area contributed by atoms with E-state index in [-0.39, 0.29) is 67.5 Å². The van der Waals surface area contributed by atoms with Gasteiger partial charge in [0.05, 0.1) is 46.8 Å². The highest BCUT2D eigenvalue weighted by Crippen LogP contribution is 2.41. The smallest absolute Gasteiger partial charge is 0.407 e. The lowest BCUT2D eigenvalue weighted by Gasteiger charge is -2.24. The lowest BCUT2D eigenvalue weighted by molar-refractivity contribution is -0.143. The van der Waals surface area contributed by atoms with Crippen molar-refractivity contribution >= 4 is 60.1 Å². The number of aryl methyl sites for hydroxylation is 6. The number of aliphatic carboxylic acids is 1. The van der Waals surface area contributed by atoms with Gasteiger partial charge in [0.1, 0.15) is 72.7 Å². The highest BCUT2D eigenvalue weighted by molar-refractivity contribution is 7.89. The number of nitrogens with one attached hydrogen (secondary N) is 1. The molecule has 26 heteroatoms. The second-order valence-electron chi connectivity index (χ2n) is 27.3. The largest absolute Gasteiger partial charge is 0.494 e. The molecule has 6 aromatic carbocycles. The van der Waals surface area contributed by atoms with Crippen LogP contribution in [0.5, 0.6) is 23.0 Å². The van der Waals surface area contributed by atoms with E-state index in [1.807, 2.05) is 133 Å². The minimum absolute atomic E-state index is 0.0686. The number of carbonyl (C=O) groups is 3. The van der Waals surface area contributed by atoms with E-state index in [1.165, 1.54) is 8.61 Å². The molecule has 4 heterocycles. The molecule has 0 saturated heterocycles. The van der Waals surface area contributed by atoms with Crippen molar-refractivity contribution in [1.82, 2.24) is 43.9 Å². The Kier molecular flexibility index (Phi) is 25.6. The fourth-order valence-electron chi connectivity index (χ4n) is 13.0. The summed E-state index contributed by atoms with van der Waals surface area (Å²) in [6.45, 7) is 17.0. The van der Waals surface area contributed by atoms with Gasteiger partial charge in [-0.1, -0.05) is 84.6 Å². The Morgan fingerprint density at radius 1 is 0.624 bits per heavy atom. The van der Waals surface area contributed by atoms with Gasteiger partial charge in [-0.3, -0.25) is 9.59 Å². The van der Waals surface area contributed by atoms with Gasteiger partial charge in [0.25, 0.3) is 0 Å². The molecule has 2 unspecified atom stereocenters. The molecule has 10 rings (SSSR count). The predicted octanol–water partition coefficient (Wildman–Crippen LogP) is 11.9. The Morgan fingerprint density at radius 2 is 1.08 bits per heavy atom. The van der Waals surface area contributed by atoms with Gasteiger partial charge in [-0.25, -0.2) is 31.0 Å². The predicted molar refractivity (Wildman–Crippen MR) is 386 cm³/mol. The van der Waals surface area contributed by atoms with Crippen LogP contribution in [-0.2, 0) is 79.1 Å². The summed E-state index contributed by atoms with van der Waals surface area (Å²) in [5.74, 6) is -0.393. The van der Waals surface area contributed by atoms with Crippen molar-refractivity contribution in [3.63, 3.8) is 0 Å². The number of amides is 1. The van der Waals surface area contributed by atoms with Gasteiger partial charge < -0.3 is 44.6 Å². The number of methoxy groups -OCH3 is 2. The molecular formula is C75H98N10O14S2. The molecule has 0 bridgehead atoms. The van der Waals surface area contributed by atoms with Crippen molar-refractivity contribution in [2.24, 2.45) is 19.8 Å².